The van der Waals surface area contributed by atoms with Crippen LogP contribution in [0.25, 0.3) is 0 Å². The highest BCUT2D eigenvalue weighted by Gasteiger charge is 2.19. The van der Waals surface area contributed by atoms with E-state index < -0.39 is 0 Å². The molecular weight excluding hydrogens is 304 g/mol. The zero-order chi connectivity index (χ0) is 13.7. The van der Waals surface area contributed by atoms with Gasteiger partial charge < -0.3 is 5.32 Å². The lowest BCUT2D eigenvalue weighted by atomic mass is 9.95. The minimum Gasteiger partial charge on any atom is -0.323 e. The van der Waals surface area contributed by atoms with Gasteiger partial charge in [0.15, 0.2) is 0 Å². The van der Waals surface area contributed by atoms with Crippen LogP contribution in [-0.2, 0) is 4.79 Å². The molecule has 3 nitrogen and oxygen atoms in total. The van der Waals surface area contributed by atoms with Crippen molar-refractivity contribution in [2.24, 2.45) is 0 Å². The predicted octanol–water partition coefficient (Wildman–Crippen LogP) is 3.98. The second-order valence-electron chi connectivity index (χ2n) is 4.20. The lowest BCUT2D eigenvalue weighted by Crippen LogP contribution is -2.21. The van der Waals surface area contributed by atoms with Crippen LogP contribution in [0.15, 0.2) is 53.3 Å². The molecule has 0 fully saturated rings. The summed E-state index contributed by atoms with van der Waals surface area (Å²) in [6, 6.07) is 13.4. The highest BCUT2D eigenvalue weighted by molar-refractivity contribution is 9.10. The molecular formula is C15H15BrN2O. The van der Waals surface area contributed by atoms with Gasteiger partial charge >= 0.3 is 0 Å². The Kier molecular flexibility index (Phi) is 4.68. The predicted molar refractivity (Wildman–Crippen MR) is 80.0 cm³/mol. The van der Waals surface area contributed by atoms with Gasteiger partial charge in [-0.05, 0) is 40.0 Å². The number of carbonyl (C=O) groups excluding carboxylic acids is 1. The number of pyridine rings is 1. The molecule has 0 bridgehead atoms. The lowest BCUT2D eigenvalue weighted by molar-refractivity contribution is -0.117. The van der Waals surface area contributed by atoms with Gasteiger partial charge in [-0.15, -0.1) is 0 Å². The van der Waals surface area contributed by atoms with E-state index in [9.17, 15) is 4.79 Å². The van der Waals surface area contributed by atoms with Gasteiger partial charge in [-0.25, -0.2) is 4.98 Å². The topological polar surface area (TPSA) is 42.0 Å². The fourth-order valence-corrected chi connectivity index (χ4v) is 2.31. The summed E-state index contributed by atoms with van der Waals surface area (Å²) < 4.78 is 0.645. The third kappa shape index (κ3) is 3.41. The minimum atomic E-state index is -0.145. The van der Waals surface area contributed by atoms with E-state index in [4.69, 9.17) is 0 Å². The summed E-state index contributed by atoms with van der Waals surface area (Å²) in [6.45, 7) is 2.01. The first-order valence-electron chi connectivity index (χ1n) is 6.18. The Morgan fingerprint density at radius 2 is 2.00 bits per heavy atom. The van der Waals surface area contributed by atoms with Gasteiger partial charge in [0, 0.05) is 6.20 Å². The highest BCUT2D eigenvalue weighted by Crippen LogP contribution is 2.24. The van der Waals surface area contributed by atoms with Crippen LogP contribution in [0.3, 0.4) is 0 Å². The van der Waals surface area contributed by atoms with Gasteiger partial charge in [-0.1, -0.05) is 37.3 Å². The quantitative estimate of drug-likeness (QED) is 0.866. The zero-order valence-electron chi connectivity index (χ0n) is 10.6. The van der Waals surface area contributed by atoms with Gasteiger partial charge in [0.2, 0.25) is 5.91 Å². The monoisotopic (exact) mass is 318 g/mol. The van der Waals surface area contributed by atoms with Crippen LogP contribution in [0.2, 0.25) is 0 Å². The van der Waals surface area contributed by atoms with E-state index in [0.29, 0.717) is 10.3 Å². The van der Waals surface area contributed by atoms with Crippen LogP contribution >= 0.6 is 15.9 Å². The number of nitrogens with zero attached hydrogens (tertiary/aromatic N) is 1. The molecule has 1 aromatic carbocycles. The molecule has 1 N–H and O–H groups in total. The Labute approximate surface area is 121 Å². The van der Waals surface area contributed by atoms with Crippen molar-refractivity contribution in [1.29, 1.82) is 0 Å². The molecule has 0 aliphatic carbocycles. The summed E-state index contributed by atoms with van der Waals surface area (Å²) in [5.41, 5.74) is 1.73. The van der Waals surface area contributed by atoms with Crippen LogP contribution in [0.1, 0.15) is 24.8 Å². The van der Waals surface area contributed by atoms with Crippen LogP contribution in [0.5, 0.6) is 0 Å². The first-order chi connectivity index (χ1) is 9.22. The summed E-state index contributed by atoms with van der Waals surface area (Å²) in [7, 11) is 0. The van der Waals surface area contributed by atoms with Gasteiger partial charge in [-0.3, -0.25) is 4.79 Å². The van der Waals surface area contributed by atoms with Crippen molar-refractivity contribution < 1.29 is 4.79 Å². The Morgan fingerprint density at radius 1 is 1.26 bits per heavy atom. The summed E-state index contributed by atoms with van der Waals surface area (Å²) >= 11 is 3.33. The maximum Gasteiger partial charge on any atom is 0.231 e. The normalized spacial score (nSPS) is 11.9. The van der Waals surface area contributed by atoms with E-state index in [-0.39, 0.29) is 11.8 Å². The van der Waals surface area contributed by atoms with Crippen LogP contribution in [0.4, 0.5) is 5.69 Å². The van der Waals surface area contributed by atoms with Gasteiger partial charge in [0.25, 0.3) is 0 Å². The van der Waals surface area contributed by atoms with Gasteiger partial charge in [0.1, 0.15) is 4.60 Å². The Bertz CT molecular complexity index is 557. The first-order valence-corrected chi connectivity index (χ1v) is 6.98. The van der Waals surface area contributed by atoms with E-state index in [0.717, 1.165) is 12.0 Å². The average molecular weight is 319 g/mol. The largest absolute Gasteiger partial charge is 0.323 e. The second-order valence-corrected chi connectivity index (χ2v) is 4.95. The van der Waals surface area contributed by atoms with Crippen molar-refractivity contribution in [3.63, 3.8) is 0 Å². The molecule has 2 aromatic rings. The molecule has 0 saturated heterocycles. The SMILES string of the molecule is CCC(C(=O)Nc1cccnc1Br)c1ccccc1. The molecule has 4 heteroatoms. The molecule has 1 aromatic heterocycles. The number of carbonyl (C=O) groups is 1. The average Bonchev–Trinajstić information content (AvgIpc) is 2.43. The van der Waals surface area contributed by atoms with E-state index in [1.54, 1.807) is 12.3 Å². The molecule has 0 saturated carbocycles. The van der Waals surface area contributed by atoms with Crippen molar-refractivity contribution >= 4 is 27.5 Å². The van der Waals surface area contributed by atoms with Crippen LogP contribution in [0, 0.1) is 0 Å². The first kappa shape index (κ1) is 13.7. The van der Waals surface area contributed by atoms with E-state index in [2.05, 4.69) is 26.2 Å². The smallest absolute Gasteiger partial charge is 0.231 e. The maximum absolute atomic E-state index is 12.3. The van der Waals surface area contributed by atoms with Crippen LogP contribution in [-0.4, -0.2) is 10.9 Å². The molecule has 19 heavy (non-hydrogen) atoms. The molecule has 1 unspecified atom stereocenters. The van der Waals surface area contributed by atoms with E-state index in [1.165, 1.54) is 0 Å². The molecule has 2 rings (SSSR count). The fourth-order valence-electron chi connectivity index (χ4n) is 1.96. The number of hydrogen-bond donors (Lipinski definition) is 1. The molecule has 1 amide bonds. The molecule has 0 aliphatic heterocycles. The Hall–Kier alpha value is -1.68. The number of hydrogen-bond acceptors (Lipinski definition) is 2. The maximum atomic E-state index is 12.3. The van der Waals surface area contributed by atoms with Crippen molar-refractivity contribution in [2.45, 2.75) is 19.3 Å². The summed E-state index contributed by atoms with van der Waals surface area (Å²) in [4.78, 5) is 16.4. The van der Waals surface area contributed by atoms with E-state index >= 15 is 0 Å². The van der Waals surface area contributed by atoms with Crippen LogP contribution < -0.4 is 5.32 Å². The molecule has 98 valence electrons. The summed E-state index contributed by atoms with van der Waals surface area (Å²) in [5.74, 6) is -0.157. The number of aromatic nitrogens is 1. The number of rotatable bonds is 4. The number of amides is 1. The molecule has 0 aliphatic rings. The minimum absolute atomic E-state index is 0.0117. The van der Waals surface area contributed by atoms with Crippen molar-refractivity contribution in [3.05, 3.63) is 58.8 Å². The zero-order valence-corrected chi connectivity index (χ0v) is 12.2. The number of anilines is 1. The van der Waals surface area contributed by atoms with Crippen molar-refractivity contribution in [1.82, 2.24) is 4.98 Å². The number of halogens is 1. The molecule has 1 atom stereocenters. The molecule has 0 spiro atoms. The standard InChI is InChI=1S/C15H15BrN2O/c1-2-12(11-7-4-3-5-8-11)15(19)18-13-9-6-10-17-14(13)16/h3-10,12H,2H2,1H3,(H,18,19). The second kappa shape index (κ2) is 6.48. The molecule has 1 heterocycles. The van der Waals surface area contributed by atoms with Gasteiger partial charge in [0.05, 0.1) is 11.6 Å². The summed E-state index contributed by atoms with van der Waals surface area (Å²) in [5, 5.41) is 2.91. The number of nitrogens with one attached hydrogen (secondary N) is 1. The fraction of sp³-hybridized carbons (Fsp3) is 0.200. The van der Waals surface area contributed by atoms with Gasteiger partial charge in [-0.2, -0.15) is 0 Å². The third-order valence-corrected chi connectivity index (χ3v) is 3.58. The number of benzene rings is 1. The van der Waals surface area contributed by atoms with Crippen molar-refractivity contribution in [2.75, 3.05) is 5.32 Å². The Balaban J connectivity index is 2.17. The highest BCUT2D eigenvalue weighted by atomic mass is 79.9. The third-order valence-electron chi connectivity index (χ3n) is 2.94. The lowest BCUT2D eigenvalue weighted by Gasteiger charge is -2.15. The molecule has 0 radical (unpaired) electrons. The van der Waals surface area contributed by atoms with Crippen molar-refractivity contribution in [3.8, 4) is 0 Å². The van der Waals surface area contributed by atoms with E-state index in [1.807, 2.05) is 43.3 Å². The Morgan fingerprint density at radius 3 is 2.63 bits per heavy atom. The summed E-state index contributed by atoms with van der Waals surface area (Å²) in [6.07, 6.45) is 2.43.